The molecule has 0 aliphatic rings. The van der Waals surface area contributed by atoms with E-state index in [1.165, 1.54) is 18.3 Å². The molecule has 0 saturated heterocycles. The fourth-order valence-electron chi connectivity index (χ4n) is 1.26. The van der Waals surface area contributed by atoms with Crippen LogP contribution in [0.15, 0.2) is 30.5 Å². The standard InChI is InChI=1S/C13H17FN2O2/c1-18-10-2-8-15-13(17)16-9-7-11-3-5-12(14)6-4-11/h3-7,9H,2,8,10H2,1H3,(H2,15,16,17)/b9-7+. The molecule has 18 heavy (non-hydrogen) atoms. The maximum absolute atomic E-state index is 12.6. The summed E-state index contributed by atoms with van der Waals surface area (Å²) in [6.45, 7) is 1.18. The van der Waals surface area contributed by atoms with Crippen molar-refractivity contribution in [1.29, 1.82) is 0 Å². The quantitative estimate of drug-likeness (QED) is 0.762. The lowest BCUT2D eigenvalue weighted by molar-refractivity contribution is 0.193. The number of carbonyl (C=O) groups excluding carboxylic acids is 1. The molecule has 0 aromatic heterocycles. The van der Waals surface area contributed by atoms with E-state index in [9.17, 15) is 9.18 Å². The van der Waals surface area contributed by atoms with Gasteiger partial charge in [0.15, 0.2) is 0 Å². The van der Waals surface area contributed by atoms with Gasteiger partial charge < -0.3 is 15.4 Å². The van der Waals surface area contributed by atoms with Crippen LogP contribution in [0.5, 0.6) is 0 Å². The zero-order valence-electron chi connectivity index (χ0n) is 10.3. The van der Waals surface area contributed by atoms with Gasteiger partial charge in [-0.1, -0.05) is 12.1 Å². The molecule has 2 N–H and O–H groups in total. The van der Waals surface area contributed by atoms with E-state index in [4.69, 9.17) is 4.74 Å². The first kappa shape index (κ1) is 14.2. The Bertz CT molecular complexity index is 390. The normalized spacial score (nSPS) is 10.6. The zero-order valence-corrected chi connectivity index (χ0v) is 10.3. The average Bonchev–Trinajstić information content (AvgIpc) is 2.37. The van der Waals surface area contributed by atoms with Gasteiger partial charge in [0.05, 0.1) is 0 Å². The van der Waals surface area contributed by atoms with E-state index in [0.29, 0.717) is 13.2 Å². The summed E-state index contributed by atoms with van der Waals surface area (Å²) < 4.78 is 17.5. The molecule has 0 saturated carbocycles. The molecule has 0 aliphatic carbocycles. The van der Waals surface area contributed by atoms with Crippen molar-refractivity contribution >= 4 is 12.1 Å². The van der Waals surface area contributed by atoms with Gasteiger partial charge in [0.25, 0.3) is 0 Å². The first-order valence-electron chi connectivity index (χ1n) is 5.68. The van der Waals surface area contributed by atoms with E-state index in [1.54, 1.807) is 25.3 Å². The van der Waals surface area contributed by atoms with Gasteiger partial charge in [-0.15, -0.1) is 0 Å². The molecule has 0 radical (unpaired) electrons. The van der Waals surface area contributed by atoms with E-state index in [2.05, 4.69) is 10.6 Å². The molecular weight excluding hydrogens is 235 g/mol. The van der Waals surface area contributed by atoms with Crippen molar-refractivity contribution in [3.8, 4) is 0 Å². The van der Waals surface area contributed by atoms with Crippen LogP contribution in [0.1, 0.15) is 12.0 Å². The predicted molar refractivity (Wildman–Crippen MR) is 68.5 cm³/mol. The molecule has 2 amide bonds. The number of methoxy groups -OCH3 is 1. The van der Waals surface area contributed by atoms with Gasteiger partial charge >= 0.3 is 6.03 Å². The highest BCUT2D eigenvalue weighted by molar-refractivity contribution is 5.75. The third kappa shape index (κ3) is 6.00. The largest absolute Gasteiger partial charge is 0.385 e. The highest BCUT2D eigenvalue weighted by Crippen LogP contribution is 2.03. The van der Waals surface area contributed by atoms with Gasteiger partial charge in [0.1, 0.15) is 5.82 Å². The first-order valence-corrected chi connectivity index (χ1v) is 5.68. The molecule has 4 nitrogen and oxygen atoms in total. The maximum Gasteiger partial charge on any atom is 0.318 e. The van der Waals surface area contributed by atoms with Crippen LogP contribution in [-0.2, 0) is 4.74 Å². The van der Waals surface area contributed by atoms with Crippen molar-refractivity contribution in [2.75, 3.05) is 20.3 Å². The van der Waals surface area contributed by atoms with Crippen LogP contribution < -0.4 is 10.6 Å². The Morgan fingerprint density at radius 1 is 1.39 bits per heavy atom. The van der Waals surface area contributed by atoms with Gasteiger partial charge in [-0.2, -0.15) is 0 Å². The number of amides is 2. The average molecular weight is 252 g/mol. The van der Waals surface area contributed by atoms with Gasteiger partial charge in [0.2, 0.25) is 0 Å². The van der Waals surface area contributed by atoms with Crippen molar-refractivity contribution < 1.29 is 13.9 Å². The van der Waals surface area contributed by atoms with Crippen molar-refractivity contribution in [3.05, 3.63) is 41.8 Å². The monoisotopic (exact) mass is 252 g/mol. The number of nitrogens with one attached hydrogen (secondary N) is 2. The predicted octanol–water partition coefficient (Wildman–Crippen LogP) is 2.13. The summed E-state index contributed by atoms with van der Waals surface area (Å²) >= 11 is 0. The molecule has 0 fully saturated rings. The van der Waals surface area contributed by atoms with Crippen LogP contribution in [0.2, 0.25) is 0 Å². The SMILES string of the molecule is COCCCNC(=O)N/C=C/c1ccc(F)cc1. The number of hydrogen-bond acceptors (Lipinski definition) is 2. The molecular formula is C13H17FN2O2. The minimum absolute atomic E-state index is 0.274. The van der Waals surface area contributed by atoms with E-state index < -0.39 is 0 Å². The van der Waals surface area contributed by atoms with Gasteiger partial charge in [-0.3, -0.25) is 0 Å². The highest BCUT2D eigenvalue weighted by atomic mass is 19.1. The summed E-state index contributed by atoms with van der Waals surface area (Å²) in [6, 6.07) is 5.72. The Hall–Kier alpha value is -1.88. The second-order valence-corrected chi connectivity index (χ2v) is 3.63. The molecule has 1 aromatic rings. The molecule has 1 aromatic carbocycles. The molecule has 0 unspecified atom stereocenters. The van der Waals surface area contributed by atoms with Crippen LogP contribution in [-0.4, -0.2) is 26.3 Å². The minimum Gasteiger partial charge on any atom is -0.385 e. The second-order valence-electron chi connectivity index (χ2n) is 3.63. The van der Waals surface area contributed by atoms with E-state index in [0.717, 1.165) is 12.0 Å². The molecule has 0 bridgehead atoms. The number of benzene rings is 1. The van der Waals surface area contributed by atoms with Crippen LogP contribution in [0.4, 0.5) is 9.18 Å². The lowest BCUT2D eigenvalue weighted by atomic mass is 10.2. The van der Waals surface area contributed by atoms with E-state index in [1.807, 2.05) is 0 Å². The smallest absolute Gasteiger partial charge is 0.318 e. The maximum atomic E-state index is 12.6. The molecule has 0 spiro atoms. The molecule has 98 valence electrons. The summed E-state index contributed by atoms with van der Waals surface area (Å²) in [5.74, 6) is -0.281. The lowest BCUT2D eigenvalue weighted by Crippen LogP contribution is -2.33. The van der Waals surface area contributed by atoms with Crippen molar-refractivity contribution in [2.24, 2.45) is 0 Å². The molecule has 0 heterocycles. The zero-order chi connectivity index (χ0) is 13.2. The number of hydrogen-bond donors (Lipinski definition) is 2. The summed E-state index contributed by atoms with van der Waals surface area (Å²) in [6.07, 6.45) is 3.97. The fourth-order valence-corrected chi connectivity index (χ4v) is 1.26. The summed E-state index contributed by atoms with van der Waals surface area (Å²) in [5.41, 5.74) is 0.816. The molecule has 1 rings (SSSR count). The Labute approximate surface area is 106 Å². The number of ether oxygens (including phenoxy) is 1. The summed E-state index contributed by atoms with van der Waals surface area (Å²) in [5, 5.41) is 5.23. The van der Waals surface area contributed by atoms with Crippen LogP contribution in [0.25, 0.3) is 6.08 Å². The van der Waals surface area contributed by atoms with Crippen LogP contribution in [0, 0.1) is 5.82 Å². The Morgan fingerprint density at radius 3 is 2.78 bits per heavy atom. The van der Waals surface area contributed by atoms with Gasteiger partial charge in [-0.25, -0.2) is 9.18 Å². The number of carbonyl (C=O) groups is 1. The van der Waals surface area contributed by atoms with Gasteiger partial charge in [-0.05, 0) is 30.2 Å². The number of urea groups is 1. The van der Waals surface area contributed by atoms with E-state index >= 15 is 0 Å². The third-order valence-corrected chi connectivity index (χ3v) is 2.17. The third-order valence-electron chi connectivity index (χ3n) is 2.17. The van der Waals surface area contributed by atoms with Gasteiger partial charge in [0, 0.05) is 26.5 Å². The molecule has 5 heteroatoms. The Balaban J connectivity index is 2.23. The Morgan fingerprint density at radius 2 is 2.11 bits per heavy atom. The number of halogens is 1. The van der Waals surface area contributed by atoms with Crippen molar-refractivity contribution in [3.63, 3.8) is 0 Å². The molecule has 0 aliphatic heterocycles. The Kier molecular flexibility index (Phi) is 6.50. The minimum atomic E-state index is -0.281. The highest BCUT2D eigenvalue weighted by Gasteiger charge is 1.95. The topological polar surface area (TPSA) is 50.4 Å². The summed E-state index contributed by atoms with van der Waals surface area (Å²) in [7, 11) is 1.62. The van der Waals surface area contributed by atoms with Crippen LogP contribution in [0.3, 0.4) is 0 Å². The molecule has 0 atom stereocenters. The van der Waals surface area contributed by atoms with Crippen molar-refractivity contribution in [2.45, 2.75) is 6.42 Å². The first-order chi connectivity index (χ1) is 8.72. The fraction of sp³-hybridized carbons (Fsp3) is 0.308. The summed E-state index contributed by atoms with van der Waals surface area (Å²) in [4.78, 5) is 11.3. The van der Waals surface area contributed by atoms with E-state index in [-0.39, 0.29) is 11.8 Å². The second kappa shape index (κ2) is 8.25. The number of rotatable bonds is 6. The lowest BCUT2D eigenvalue weighted by Gasteiger charge is -2.03. The van der Waals surface area contributed by atoms with Crippen LogP contribution >= 0.6 is 0 Å². The van der Waals surface area contributed by atoms with Crippen molar-refractivity contribution in [1.82, 2.24) is 10.6 Å².